The Morgan fingerprint density at radius 1 is 1.38 bits per heavy atom. The van der Waals surface area contributed by atoms with Gasteiger partial charge in [-0.05, 0) is 49.3 Å². The standard InChI is InChI=1S/C13H17Cl2N/c1-9-5-6-13(16,7-9)8-10-11(14)3-2-4-12(10)15/h2-4,9H,5-8,16H2,1H3. The topological polar surface area (TPSA) is 26.0 Å². The van der Waals surface area contributed by atoms with E-state index in [9.17, 15) is 0 Å². The van der Waals surface area contributed by atoms with E-state index in [-0.39, 0.29) is 5.54 Å². The molecule has 1 aliphatic rings. The fraction of sp³-hybridized carbons (Fsp3) is 0.538. The highest BCUT2D eigenvalue weighted by Crippen LogP contribution is 2.37. The molecular weight excluding hydrogens is 241 g/mol. The number of hydrogen-bond donors (Lipinski definition) is 1. The molecule has 0 aliphatic heterocycles. The Morgan fingerprint density at radius 2 is 2.00 bits per heavy atom. The van der Waals surface area contributed by atoms with Gasteiger partial charge in [0.15, 0.2) is 0 Å². The van der Waals surface area contributed by atoms with E-state index in [2.05, 4.69) is 6.92 Å². The second-order valence-electron chi connectivity index (χ2n) is 5.09. The minimum Gasteiger partial charge on any atom is -0.325 e. The average Bonchev–Trinajstić information content (AvgIpc) is 2.53. The third-order valence-corrected chi connectivity index (χ3v) is 4.19. The highest BCUT2D eigenvalue weighted by Gasteiger charge is 2.34. The number of hydrogen-bond acceptors (Lipinski definition) is 1. The largest absolute Gasteiger partial charge is 0.325 e. The van der Waals surface area contributed by atoms with E-state index in [4.69, 9.17) is 28.9 Å². The van der Waals surface area contributed by atoms with Crippen molar-refractivity contribution in [3.8, 4) is 0 Å². The Hall–Kier alpha value is -0.240. The molecule has 0 amide bonds. The third kappa shape index (κ3) is 2.53. The SMILES string of the molecule is CC1CCC(N)(Cc2c(Cl)cccc2Cl)C1. The first-order valence-corrected chi connectivity index (χ1v) is 6.47. The molecule has 1 aromatic carbocycles. The van der Waals surface area contributed by atoms with Crippen LogP contribution in [0.25, 0.3) is 0 Å². The molecule has 1 saturated carbocycles. The van der Waals surface area contributed by atoms with Gasteiger partial charge in [0.05, 0.1) is 0 Å². The van der Waals surface area contributed by atoms with E-state index in [1.165, 1.54) is 6.42 Å². The van der Waals surface area contributed by atoms with Crippen LogP contribution < -0.4 is 5.73 Å². The van der Waals surface area contributed by atoms with Crippen molar-refractivity contribution in [3.63, 3.8) is 0 Å². The monoisotopic (exact) mass is 257 g/mol. The summed E-state index contributed by atoms with van der Waals surface area (Å²) in [5, 5.41) is 1.47. The lowest BCUT2D eigenvalue weighted by atomic mass is 9.89. The lowest BCUT2D eigenvalue weighted by Gasteiger charge is -2.25. The maximum Gasteiger partial charge on any atom is 0.0453 e. The van der Waals surface area contributed by atoms with Gasteiger partial charge in [-0.15, -0.1) is 0 Å². The van der Waals surface area contributed by atoms with Gasteiger partial charge in [0.2, 0.25) is 0 Å². The van der Waals surface area contributed by atoms with E-state index in [1.807, 2.05) is 18.2 Å². The zero-order valence-electron chi connectivity index (χ0n) is 9.47. The van der Waals surface area contributed by atoms with Crippen molar-refractivity contribution >= 4 is 23.2 Å². The lowest BCUT2D eigenvalue weighted by molar-refractivity contribution is 0.419. The van der Waals surface area contributed by atoms with E-state index in [0.29, 0.717) is 5.92 Å². The van der Waals surface area contributed by atoms with Crippen LogP contribution in [0.4, 0.5) is 0 Å². The molecule has 2 atom stereocenters. The number of nitrogens with two attached hydrogens (primary N) is 1. The summed E-state index contributed by atoms with van der Waals surface area (Å²) in [5.74, 6) is 0.714. The molecule has 2 rings (SSSR count). The van der Waals surface area contributed by atoms with E-state index < -0.39 is 0 Å². The van der Waals surface area contributed by atoms with Gasteiger partial charge in [-0.2, -0.15) is 0 Å². The second kappa shape index (κ2) is 4.56. The Morgan fingerprint density at radius 3 is 2.50 bits per heavy atom. The van der Waals surface area contributed by atoms with Crippen LogP contribution >= 0.6 is 23.2 Å². The zero-order chi connectivity index (χ0) is 11.8. The van der Waals surface area contributed by atoms with Crippen LogP contribution in [0.2, 0.25) is 10.0 Å². The summed E-state index contributed by atoms with van der Waals surface area (Å²) in [6, 6.07) is 5.63. The summed E-state index contributed by atoms with van der Waals surface area (Å²) >= 11 is 12.3. The molecule has 88 valence electrons. The maximum atomic E-state index is 6.40. The molecule has 0 saturated heterocycles. The van der Waals surface area contributed by atoms with Crippen LogP contribution in [0.1, 0.15) is 31.7 Å². The summed E-state index contributed by atoms with van der Waals surface area (Å²) in [7, 11) is 0. The quantitative estimate of drug-likeness (QED) is 0.850. The van der Waals surface area contributed by atoms with Gasteiger partial charge in [0.1, 0.15) is 0 Å². The maximum absolute atomic E-state index is 6.40. The average molecular weight is 258 g/mol. The van der Waals surface area contributed by atoms with Crippen molar-refractivity contribution in [2.24, 2.45) is 11.7 Å². The fourth-order valence-electron chi connectivity index (χ4n) is 2.65. The molecule has 1 aromatic rings. The Kier molecular flexibility index (Phi) is 3.48. The van der Waals surface area contributed by atoms with Crippen molar-refractivity contribution in [1.29, 1.82) is 0 Å². The summed E-state index contributed by atoms with van der Waals surface area (Å²) in [6.45, 7) is 2.25. The van der Waals surface area contributed by atoms with Gasteiger partial charge in [-0.25, -0.2) is 0 Å². The van der Waals surface area contributed by atoms with Crippen LogP contribution in [0.3, 0.4) is 0 Å². The van der Waals surface area contributed by atoms with Gasteiger partial charge >= 0.3 is 0 Å². The van der Waals surface area contributed by atoms with Gasteiger partial charge in [-0.1, -0.05) is 36.2 Å². The van der Waals surface area contributed by atoms with E-state index in [1.54, 1.807) is 0 Å². The van der Waals surface area contributed by atoms with Crippen LogP contribution in [0.5, 0.6) is 0 Å². The molecule has 0 radical (unpaired) electrons. The molecule has 16 heavy (non-hydrogen) atoms. The van der Waals surface area contributed by atoms with Crippen LogP contribution in [-0.4, -0.2) is 5.54 Å². The zero-order valence-corrected chi connectivity index (χ0v) is 11.0. The highest BCUT2D eigenvalue weighted by atomic mass is 35.5. The van der Waals surface area contributed by atoms with Crippen LogP contribution in [0.15, 0.2) is 18.2 Å². The Balaban J connectivity index is 2.21. The van der Waals surface area contributed by atoms with Crippen molar-refractivity contribution in [1.82, 2.24) is 0 Å². The van der Waals surface area contributed by atoms with Crippen molar-refractivity contribution in [3.05, 3.63) is 33.8 Å². The molecule has 1 fully saturated rings. The van der Waals surface area contributed by atoms with Crippen molar-refractivity contribution in [2.45, 2.75) is 38.1 Å². The molecule has 0 bridgehead atoms. The van der Waals surface area contributed by atoms with Gasteiger partial charge in [0.25, 0.3) is 0 Å². The van der Waals surface area contributed by atoms with E-state index in [0.717, 1.165) is 34.9 Å². The smallest absolute Gasteiger partial charge is 0.0453 e. The minimum atomic E-state index is -0.117. The molecule has 2 N–H and O–H groups in total. The van der Waals surface area contributed by atoms with Crippen LogP contribution in [-0.2, 0) is 6.42 Å². The van der Waals surface area contributed by atoms with Gasteiger partial charge in [-0.3, -0.25) is 0 Å². The van der Waals surface area contributed by atoms with Crippen molar-refractivity contribution in [2.75, 3.05) is 0 Å². The molecule has 0 heterocycles. The number of halogens is 2. The Bertz CT molecular complexity index is 371. The highest BCUT2D eigenvalue weighted by molar-refractivity contribution is 6.36. The van der Waals surface area contributed by atoms with Gasteiger partial charge in [0, 0.05) is 15.6 Å². The lowest BCUT2D eigenvalue weighted by Crippen LogP contribution is -2.39. The fourth-order valence-corrected chi connectivity index (χ4v) is 3.18. The molecule has 0 spiro atoms. The summed E-state index contributed by atoms with van der Waals surface area (Å²) < 4.78 is 0. The normalized spacial score (nSPS) is 29.6. The summed E-state index contributed by atoms with van der Waals surface area (Å²) in [6.07, 6.45) is 4.12. The minimum absolute atomic E-state index is 0.117. The second-order valence-corrected chi connectivity index (χ2v) is 5.90. The number of rotatable bonds is 2. The molecular formula is C13H17Cl2N. The van der Waals surface area contributed by atoms with Crippen molar-refractivity contribution < 1.29 is 0 Å². The van der Waals surface area contributed by atoms with Crippen LogP contribution in [0, 0.1) is 5.92 Å². The first-order valence-electron chi connectivity index (χ1n) is 5.72. The molecule has 2 unspecified atom stereocenters. The molecule has 3 heteroatoms. The summed E-state index contributed by atoms with van der Waals surface area (Å²) in [5.41, 5.74) is 7.29. The molecule has 1 nitrogen and oxygen atoms in total. The Labute approximate surface area is 107 Å². The molecule has 1 aliphatic carbocycles. The van der Waals surface area contributed by atoms with E-state index >= 15 is 0 Å². The predicted octanol–water partition coefficient (Wildman–Crippen LogP) is 4.05. The summed E-state index contributed by atoms with van der Waals surface area (Å²) in [4.78, 5) is 0. The number of benzene rings is 1. The third-order valence-electron chi connectivity index (χ3n) is 3.48. The molecule has 0 aromatic heterocycles. The first-order chi connectivity index (χ1) is 7.50. The first kappa shape index (κ1) is 12.2. The van der Waals surface area contributed by atoms with Gasteiger partial charge < -0.3 is 5.73 Å². The predicted molar refractivity (Wildman–Crippen MR) is 70.1 cm³/mol.